The number of nitrogens with two attached hydrogens (primary N) is 1. The fourth-order valence-corrected chi connectivity index (χ4v) is 1.77. The van der Waals surface area contributed by atoms with E-state index in [2.05, 4.69) is 4.74 Å². The molecule has 0 spiro atoms. The average molecular weight is 285 g/mol. The molecule has 0 saturated carbocycles. The first-order valence-electron chi connectivity index (χ1n) is 5.68. The minimum absolute atomic E-state index is 0.126. The molecule has 2 aromatic rings. The van der Waals surface area contributed by atoms with Gasteiger partial charge in [-0.1, -0.05) is 12.1 Å². The van der Waals surface area contributed by atoms with Gasteiger partial charge in [-0.15, -0.1) is 13.2 Å². The number of rotatable bonds is 2. The van der Waals surface area contributed by atoms with E-state index in [1.807, 2.05) is 0 Å². The summed E-state index contributed by atoms with van der Waals surface area (Å²) in [5, 5.41) is 0. The summed E-state index contributed by atoms with van der Waals surface area (Å²) < 4.78 is 54.1. The van der Waals surface area contributed by atoms with Crippen LogP contribution in [0.2, 0.25) is 0 Å². The van der Waals surface area contributed by atoms with Gasteiger partial charge in [-0.25, -0.2) is 4.39 Å². The normalized spacial score (nSPS) is 11.4. The van der Waals surface area contributed by atoms with Gasteiger partial charge < -0.3 is 10.5 Å². The van der Waals surface area contributed by atoms with Gasteiger partial charge in [-0.05, 0) is 42.3 Å². The fourth-order valence-electron chi connectivity index (χ4n) is 1.77. The Morgan fingerprint density at radius 1 is 1.10 bits per heavy atom. The minimum Gasteiger partial charge on any atom is -0.406 e. The molecule has 2 aromatic carbocycles. The number of hydrogen-bond acceptors (Lipinski definition) is 2. The molecule has 0 atom stereocenters. The molecule has 0 aliphatic rings. The van der Waals surface area contributed by atoms with Crippen molar-refractivity contribution in [2.24, 2.45) is 0 Å². The van der Waals surface area contributed by atoms with Crippen molar-refractivity contribution in [2.75, 3.05) is 5.73 Å². The lowest BCUT2D eigenvalue weighted by atomic mass is 10.0. The lowest BCUT2D eigenvalue weighted by Crippen LogP contribution is -2.17. The highest BCUT2D eigenvalue weighted by Gasteiger charge is 2.31. The first-order valence-corrected chi connectivity index (χ1v) is 5.68. The second-order valence-corrected chi connectivity index (χ2v) is 4.26. The quantitative estimate of drug-likeness (QED) is 0.660. The Balaban J connectivity index is 2.44. The molecule has 0 aliphatic heterocycles. The number of halogens is 4. The van der Waals surface area contributed by atoms with Crippen molar-refractivity contribution in [1.29, 1.82) is 0 Å². The standard InChI is InChI=1S/C14H11F4NO/c1-8-5-12(15)11(7-13(8)19)9-3-2-4-10(6-9)20-14(16,17)18/h2-7H,19H2,1H3. The molecule has 2 nitrogen and oxygen atoms in total. The van der Waals surface area contributed by atoms with Crippen LogP contribution in [0.15, 0.2) is 36.4 Å². The highest BCUT2D eigenvalue weighted by molar-refractivity contribution is 5.70. The van der Waals surface area contributed by atoms with Crippen LogP contribution in [0.1, 0.15) is 5.56 Å². The van der Waals surface area contributed by atoms with E-state index in [-0.39, 0.29) is 11.1 Å². The molecule has 6 heteroatoms. The van der Waals surface area contributed by atoms with E-state index in [0.717, 1.165) is 12.1 Å². The number of benzene rings is 2. The second kappa shape index (κ2) is 5.03. The van der Waals surface area contributed by atoms with Gasteiger partial charge in [-0.2, -0.15) is 0 Å². The molecular formula is C14H11F4NO. The van der Waals surface area contributed by atoms with Gasteiger partial charge in [0.2, 0.25) is 0 Å². The van der Waals surface area contributed by atoms with Crippen molar-refractivity contribution in [3.8, 4) is 16.9 Å². The number of aryl methyl sites for hydroxylation is 1. The third-order valence-corrected chi connectivity index (χ3v) is 2.73. The van der Waals surface area contributed by atoms with E-state index >= 15 is 0 Å². The van der Waals surface area contributed by atoms with Crippen LogP contribution < -0.4 is 10.5 Å². The lowest BCUT2D eigenvalue weighted by Gasteiger charge is -2.11. The van der Waals surface area contributed by atoms with E-state index in [0.29, 0.717) is 11.3 Å². The van der Waals surface area contributed by atoms with Gasteiger partial charge >= 0.3 is 6.36 Å². The average Bonchev–Trinajstić information content (AvgIpc) is 2.32. The smallest absolute Gasteiger partial charge is 0.406 e. The molecule has 2 rings (SSSR count). The molecule has 0 fully saturated rings. The molecule has 0 saturated heterocycles. The number of nitrogen functional groups attached to an aromatic ring is 1. The summed E-state index contributed by atoms with van der Waals surface area (Å²) in [7, 11) is 0. The minimum atomic E-state index is -4.79. The Morgan fingerprint density at radius 2 is 1.80 bits per heavy atom. The lowest BCUT2D eigenvalue weighted by molar-refractivity contribution is -0.274. The van der Waals surface area contributed by atoms with Gasteiger partial charge in [0.15, 0.2) is 0 Å². The molecule has 0 aromatic heterocycles. The summed E-state index contributed by atoms with van der Waals surface area (Å²) in [5.41, 5.74) is 7.00. The summed E-state index contributed by atoms with van der Waals surface area (Å²) in [6, 6.07) is 7.72. The van der Waals surface area contributed by atoms with Gasteiger partial charge in [-0.3, -0.25) is 0 Å². The zero-order chi connectivity index (χ0) is 14.9. The third-order valence-electron chi connectivity index (χ3n) is 2.73. The maximum Gasteiger partial charge on any atom is 0.573 e. The van der Waals surface area contributed by atoms with Crippen LogP contribution in [0.25, 0.3) is 11.1 Å². The van der Waals surface area contributed by atoms with Gasteiger partial charge in [0.1, 0.15) is 11.6 Å². The van der Waals surface area contributed by atoms with Crippen molar-refractivity contribution in [3.63, 3.8) is 0 Å². The summed E-state index contributed by atoms with van der Waals surface area (Å²) in [6.07, 6.45) is -4.79. The van der Waals surface area contributed by atoms with Crippen LogP contribution in [0.4, 0.5) is 23.2 Å². The van der Waals surface area contributed by atoms with Crippen molar-refractivity contribution in [1.82, 2.24) is 0 Å². The van der Waals surface area contributed by atoms with Gasteiger partial charge in [0.25, 0.3) is 0 Å². The Kier molecular flexibility index (Phi) is 3.57. The molecule has 0 heterocycles. The summed E-state index contributed by atoms with van der Waals surface area (Å²) in [4.78, 5) is 0. The zero-order valence-electron chi connectivity index (χ0n) is 10.5. The number of alkyl halides is 3. The Bertz CT molecular complexity index is 638. The van der Waals surface area contributed by atoms with E-state index in [1.54, 1.807) is 6.92 Å². The molecule has 2 N–H and O–H groups in total. The van der Waals surface area contributed by atoms with Crippen LogP contribution in [-0.4, -0.2) is 6.36 Å². The highest BCUT2D eigenvalue weighted by atomic mass is 19.4. The van der Waals surface area contributed by atoms with E-state index in [4.69, 9.17) is 5.73 Å². The van der Waals surface area contributed by atoms with E-state index < -0.39 is 17.9 Å². The van der Waals surface area contributed by atoms with Crippen LogP contribution in [-0.2, 0) is 0 Å². The third kappa shape index (κ3) is 3.20. The van der Waals surface area contributed by atoms with Crippen molar-refractivity contribution >= 4 is 5.69 Å². The Labute approximate surface area is 112 Å². The maximum absolute atomic E-state index is 13.9. The van der Waals surface area contributed by atoms with E-state index in [1.165, 1.54) is 24.3 Å². The molecule has 20 heavy (non-hydrogen) atoms. The predicted octanol–water partition coefficient (Wildman–Crippen LogP) is 4.28. The molecule has 0 bridgehead atoms. The van der Waals surface area contributed by atoms with Crippen LogP contribution in [0, 0.1) is 12.7 Å². The zero-order valence-corrected chi connectivity index (χ0v) is 10.5. The van der Waals surface area contributed by atoms with Crippen molar-refractivity contribution in [3.05, 3.63) is 47.8 Å². The highest BCUT2D eigenvalue weighted by Crippen LogP contribution is 2.31. The topological polar surface area (TPSA) is 35.2 Å². The van der Waals surface area contributed by atoms with Crippen molar-refractivity contribution < 1.29 is 22.3 Å². The Hall–Kier alpha value is -2.24. The van der Waals surface area contributed by atoms with Gasteiger partial charge in [0.05, 0.1) is 0 Å². The summed E-state index contributed by atoms with van der Waals surface area (Å²) >= 11 is 0. The molecule has 0 amide bonds. The molecule has 106 valence electrons. The van der Waals surface area contributed by atoms with Crippen molar-refractivity contribution in [2.45, 2.75) is 13.3 Å². The SMILES string of the molecule is Cc1cc(F)c(-c2cccc(OC(F)(F)F)c2)cc1N. The van der Waals surface area contributed by atoms with Crippen LogP contribution in [0.5, 0.6) is 5.75 Å². The number of hydrogen-bond donors (Lipinski definition) is 1. The Morgan fingerprint density at radius 3 is 2.45 bits per heavy atom. The molecular weight excluding hydrogens is 274 g/mol. The van der Waals surface area contributed by atoms with Gasteiger partial charge in [0, 0.05) is 11.3 Å². The summed E-state index contributed by atoms with van der Waals surface area (Å²) in [5.74, 6) is -0.964. The first kappa shape index (κ1) is 14.2. The molecule has 0 aliphatic carbocycles. The largest absolute Gasteiger partial charge is 0.573 e. The number of ether oxygens (including phenoxy) is 1. The maximum atomic E-state index is 13.9. The van der Waals surface area contributed by atoms with Crippen LogP contribution >= 0.6 is 0 Å². The predicted molar refractivity (Wildman–Crippen MR) is 67.7 cm³/mol. The fraction of sp³-hybridized carbons (Fsp3) is 0.143. The first-order chi connectivity index (χ1) is 9.26. The monoisotopic (exact) mass is 285 g/mol. The molecule has 0 unspecified atom stereocenters. The molecule has 0 radical (unpaired) electrons. The number of anilines is 1. The summed E-state index contributed by atoms with van der Waals surface area (Å²) in [6.45, 7) is 1.64. The van der Waals surface area contributed by atoms with E-state index in [9.17, 15) is 17.6 Å². The second-order valence-electron chi connectivity index (χ2n) is 4.26. The van der Waals surface area contributed by atoms with Crippen LogP contribution in [0.3, 0.4) is 0 Å².